The molecule has 0 fully saturated rings. The van der Waals surface area contributed by atoms with Crippen LogP contribution in [0.25, 0.3) is 156 Å². The Kier molecular flexibility index (Phi) is 11.7. The Morgan fingerprint density at radius 3 is 0.884 bits per heavy atom. The Morgan fingerprint density at radius 1 is 0.198 bits per heavy atom. The number of aryl methyl sites for hydroxylation is 4. The fraction of sp³-hybridized carbons (Fsp3) is 0.0789. The highest BCUT2D eigenvalue weighted by molar-refractivity contribution is 6.10. The molecule has 0 radical (unpaired) electrons. The predicted molar refractivity (Wildman–Crippen MR) is 341 cm³/mol. The second kappa shape index (κ2) is 20.4. The predicted octanol–water partition coefficient (Wildman–Crippen LogP) is 20.4. The van der Waals surface area contributed by atoms with Crippen molar-refractivity contribution < 1.29 is 26.5 Å². The number of para-hydroxylation sites is 2. The lowest BCUT2D eigenvalue weighted by molar-refractivity contribution is 0.582. The quantitative estimate of drug-likeness (QED) is 0.104. The maximum Gasteiger partial charge on any atom is 0.248 e. The number of fused-ring (bicyclic) bond motifs is 12. The Hall–Kier alpha value is -11.1. The molecule has 86 heavy (non-hydrogen) atoms. The smallest absolute Gasteiger partial charge is 0.248 e. The van der Waals surface area contributed by atoms with Crippen molar-refractivity contribution in [2.75, 3.05) is 0 Å². The van der Waals surface area contributed by atoms with E-state index < -0.39 is 0 Å². The molecule has 0 aliphatic rings. The van der Waals surface area contributed by atoms with E-state index in [4.69, 9.17) is 26.5 Å². The van der Waals surface area contributed by atoms with E-state index in [1.807, 2.05) is 48.5 Å². The van der Waals surface area contributed by atoms with Gasteiger partial charge in [0, 0.05) is 65.3 Å². The maximum atomic E-state index is 6.30. The molecule has 17 aromatic rings. The Balaban J connectivity index is 0.514. The van der Waals surface area contributed by atoms with Gasteiger partial charge in [-0.3, -0.25) is 0 Å². The van der Waals surface area contributed by atoms with Crippen LogP contribution in [0.3, 0.4) is 0 Å². The summed E-state index contributed by atoms with van der Waals surface area (Å²) in [6, 6.07) is 79.9. The summed E-state index contributed by atoms with van der Waals surface area (Å²) in [6.07, 6.45) is 5.75. The molecule has 0 N–H and O–H groups in total. The fourth-order valence-corrected chi connectivity index (χ4v) is 12.5. The number of hydrogen-bond donors (Lipinski definition) is 0. The minimum atomic E-state index is 0.406. The molecule has 0 aliphatic heterocycles. The molecule has 0 amide bonds. The monoisotopic (exact) mass is 1110 g/mol. The zero-order valence-electron chi connectivity index (χ0n) is 46.4. The third-order valence-corrected chi connectivity index (χ3v) is 17.0. The van der Waals surface area contributed by atoms with Crippen LogP contribution >= 0.6 is 0 Å². The topological polar surface area (TPSA) is 130 Å². The van der Waals surface area contributed by atoms with E-state index in [-0.39, 0.29) is 0 Å². The molecule has 6 heterocycles. The van der Waals surface area contributed by atoms with Gasteiger partial charge in [0.25, 0.3) is 0 Å². The van der Waals surface area contributed by atoms with Gasteiger partial charge in [0.2, 0.25) is 23.6 Å². The van der Waals surface area contributed by atoms with Crippen molar-refractivity contribution >= 4 is 87.8 Å². The molecular weight excluding hydrogens is 1060 g/mol. The Bertz CT molecular complexity index is 5110. The average molecular weight is 1120 g/mol. The molecule has 10 heteroatoms. The third-order valence-electron chi connectivity index (χ3n) is 17.0. The zero-order valence-corrected chi connectivity index (χ0v) is 46.4. The lowest BCUT2D eigenvalue weighted by atomic mass is 9.99. The maximum absolute atomic E-state index is 6.30. The van der Waals surface area contributed by atoms with Crippen molar-refractivity contribution in [2.24, 2.45) is 0 Å². The van der Waals surface area contributed by atoms with Crippen molar-refractivity contribution in [3.63, 3.8) is 0 Å². The molecule has 0 atom stereocenters. The lowest BCUT2D eigenvalue weighted by Crippen LogP contribution is -1.90. The highest BCUT2D eigenvalue weighted by atomic mass is 16.4. The summed E-state index contributed by atoms with van der Waals surface area (Å²) < 4.78 is 37.3. The SMILES string of the molecule is c1cc(-c2nnc(-c3ccc(CCCc4ccc5oc6ccc(-c7ccc8oc9ccccc9c8c7)cc6c5c4)cc3)o2)cc(-c2nnc(-c3ccc(CCCc4ccc5oc6ccc(-c7ccc8oc9ccccc9c8c7)cc6c5c4)cc3)o2)c1. The second-order valence-electron chi connectivity index (χ2n) is 22.4. The normalized spacial score (nSPS) is 12.0. The second-order valence-corrected chi connectivity index (χ2v) is 22.4. The fourth-order valence-electron chi connectivity index (χ4n) is 12.5. The standard InChI is InChI=1S/C76H50N4O6/c1-3-16-65-57(14-1)61-41-51(28-34-69(61)81-65)53-30-36-71-63(43-53)59-38-47(22-32-67(59)83-71)10-5-8-45-18-24-49(25-19-45)73-77-79-75(85-73)55-12-7-13-56(40-55)76-80-78-74(86-76)50-26-20-46(21-27-50)9-6-11-48-23-33-68-60(39-48)64-44-54(31-37-72(64)84-68)52-29-35-70-62(42-52)58-15-2-4-17-66(58)82-70/h1-4,7,12-44H,5-6,8-11H2. The van der Waals surface area contributed by atoms with E-state index in [0.717, 1.165) is 171 Å². The van der Waals surface area contributed by atoms with Gasteiger partial charge in [-0.15, -0.1) is 20.4 Å². The first kappa shape index (κ1) is 49.5. The molecule has 0 spiro atoms. The van der Waals surface area contributed by atoms with Crippen LogP contribution in [-0.2, 0) is 25.7 Å². The Labute approximate surface area is 491 Å². The van der Waals surface area contributed by atoms with Gasteiger partial charge in [-0.1, -0.05) is 103 Å². The molecular formula is C76H50N4O6. The molecule has 0 aliphatic carbocycles. The van der Waals surface area contributed by atoms with Gasteiger partial charge >= 0.3 is 0 Å². The van der Waals surface area contributed by atoms with Gasteiger partial charge in [0.05, 0.1) is 0 Å². The van der Waals surface area contributed by atoms with Crippen molar-refractivity contribution in [1.82, 2.24) is 20.4 Å². The largest absolute Gasteiger partial charge is 0.456 e. The first-order chi connectivity index (χ1) is 42.5. The molecule has 0 saturated carbocycles. The van der Waals surface area contributed by atoms with E-state index >= 15 is 0 Å². The van der Waals surface area contributed by atoms with Gasteiger partial charge in [-0.05, 0) is 210 Å². The molecule has 17 rings (SSSR count). The van der Waals surface area contributed by atoms with Crippen LogP contribution in [-0.4, -0.2) is 20.4 Å². The minimum Gasteiger partial charge on any atom is -0.456 e. The molecule has 0 bridgehead atoms. The van der Waals surface area contributed by atoms with Gasteiger partial charge in [-0.2, -0.15) is 0 Å². The van der Waals surface area contributed by atoms with Crippen LogP contribution < -0.4 is 0 Å². The first-order valence-electron chi connectivity index (χ1n) is 29.2. The first-order valence-corrected chi connectivity index (χ1v) is 29.2. The molecule has 0 unspecified atom stereocenters. The molecule has 11 aromatic carbocycles. The summed E-state index contributed by atoms with van der Waals surface area (Å²) in [7, 11) is 0. The Morgan fingerprint density at radius 2 is 0.488 bits per heavy atom. The van der Waals surface area contributed by atoms with E-state index in [1.54, 1.807) is 0 Å². The van der Waals surface area contributed by atoms with Gasteiger partial charge in [-0.25, -0.2) is 0 Å². The van der Waals surface area contributed by atoms with E-state index in [0.29, 0.717) is 23.6 Å². The highest BCUT2D eigenvalue weighted by Gasteiger charge is 2.18. The van der Waals surface area contributed by atoms with E-state index in [2.05, 4.69) is 202 Å². The number of nitrogens with zero attached hydrogens (tertiary/aromatic N) is 4. The average Bonchev–Trinajstić information content (AvgIpc) is 4.59. The van der Waals surface area contributed by atoms with Crippen molar-refractivity contribution in [1.29, 1.82) is 0 Å². The summed E-state index contributed by atoms with van der Waals surface area (Å²) in [5.74, 6) is 1.72. The van der Waals surface area contributed by atoms with E-state index in [9.17, 15) is 0 Å². The summed E-state index contributed by atoms with van der Waals surface area (Å²) >= 11 is 0. The molecule has 6 aromatic heterocycles. The van der Waals surface area contributed by atoms with Gasteiger partial charge in [0.1, 0.15) is 44.7 Å². The van der Waals surface area contributed by atoms with Crippen LogP contribution in [0.2, 0.25) is 0 Å². The number of hydrogen-bond acceptors (Lipinski definition) is 10. The van der Waals surface area contributed by atoms with Crippen LogP contribution in [0, 0.1) is 0 Å². The third kappa shape index (κ3) is 8.98. The van der Waals surface area contributed by atoms with Crippen LogP contribution in [0.5, 0.6) is 0 Å². The van der Waals surface area contributed by atoms with Crippen LogP contribution in [0.15, 0.2) is 257 Å². The highest BCUT2D eigenvalue weighted by Crippen LogP contribution is 2.39. The van der Waals surface area contributed by atoms with Gasteiger partial charge in [0.15, 0.2) is 0 Å². The zero-order chi connectivity index (χ0) is 56.7. The number of furan rings is 4. The summed E-state index contributed by atoms with van der Waals surface area (Å²) in [6.45, 7) is 0. The van der Waals surface area contributed by atoms with Crippen molar-refractivity contribution in [3.8, 4) is 68.1 Å². The molecule has 0 saturated heterocycles. The number of rotatable bonds is 14. The molecule has 410 valence electrons. The van der Waals surface area contributed by atoms with Crippen molar-refractivity contribution in [3.05, 3.63) is 253 Å². The van der Waals surface area contributed by atoms with Crippen molar-refractivity contribution in [2.45, 2.75) is 38.5 Å². The summed E-state index contributed by atoms with van der Waals surface area (Å²) in [4.78, 5) is 0. The summed E-state index contributed by atoms with van der Waals surface area (Å²) in [5.41, 5.74) is 20.0. The van der Waals surface area contributed by atoms with Gasteiger partial charge < -0.3 is 26.5 Å². The van der Waals surface area contributed by atoms with Crippen LogP contribution in [0.4, 0.5) is 0 Å². The minimum absolute atomic E-state index is 0.406. The number of benzene rings is 11. The lowest BCUT2D eigenvalue weighted by Gasteiger charge is -2.04. The molecule has 10 nitrogen and oxygen atoms in total. The number of aromatic nitrogens is 4. The van der Waals surface area contributed by atoms with E-state index in [1.165, 1.54) is 22.3 Å². The van der Waals surface area contributed by atoms with Crippen LogP contribution in [0.1, 0.15) is 35.1 Å². The summed E-state index contributed by atoms with van der Waals surface area (Å²) in [5, 5.41) is 26.7.